The number of carbonyl (C=O) groups excluding carboxylic acids is 1. The maximum absolute atomic E-state index is 10.2. The minimum absolute atomic E-state index is 0.341. The van der Waals surface area contributed by atoms with Gasteiger partial charge in [0.15, 0.2) is 0 Å². The molecule has 0 aliphatic carbocycles. The summed E-state index contributed by atoms with van der Waals surface area (Å²) in [6.07, 6.45) is 2.02. The highest BCUT2D eigenvalue weighted by Gasteiger charge is 1.89. The lowest BCUT2D eigenvalue weighted by molar-refractivity contribution is -0.137. The Kier molecular flexibility index (Phi) is 8.45. The Morgan fingerprint density at radius 2 is 1.64 bits per heavy atom. The van der Waals surface area contributed by atoms with E-state index in [4.69, 9.17) is 0 Å². The third-order valence-corrected chi connectivity index (χ3v) is 1.28. The van der Waals surface area contributed by atoms with Gasteiger partial charge < -0.3 is 4.74 Å². The van der Waals surface area contributed by atoms with Crippen molar-refractivity contribution >= 4 is 5.97 Å². The van der Waals surface area contributed by atoms with Crippen LogP contribution < -0.4 is 0 Å². The molecule has 0 unspecified atom stereocenters. The molecule has 14 heavy (non-hydrogen) atoms. The van der Waals surface area contributed by atoms with Gasteiger partial charge in [0, 0.05) is 6.08 Å². The molecule has 0 aliphatic heterocycles. The van der Waals surface area contributed by atoms with Gasteiger partial charge in [0.25, 0.3) is 0 Å². The van der Waals surface area contributed by atoms with E-state index in [1.807, 2.05) is 43.3 Å². The lowest BCUT2D eigenvalue weighted by Crippen LogP contribution is -1.99. The largest absolute Gasteiger partial charge is 0.463 e. The van der Waals surface area contributed by atoms with E-state index >= 15 is 0 Å². The average molecular weight is 192 g/mol. The van der Waals surface area contributed by atoms with Gasteiger partial charge in [-0.2, -0.15) is 0 Å². The Bertz CT molecular complexity index is 215. The third-order valence-electron chi connectivity index (χ3n) is 1.28. The fourth-order valence-corrected chi connectivity index (χ4v) is 0.646. The minimum atomic E-state index is -0.341. The molecule has 0 spiro atoms. The Balaban J connectivity index is 0.000000249. The zero-order valence-electron chi connectivity index (χ0n) is 8.48. The Morgan fingerprint density at radius 3 is 1.93 bits per heavy atom. The number of hydrogen-bond acceptors (Lipinski definition) is 2. The first kappa shape index (κ1) is 12.4. The van der Waals surface area contributed by atoms with E-state index in [0.29, 0.717) is 6.61 Å². The molecule has 0 amide bonds. The second-order valence-corrected chi connectivity index (χ2v) is 2.53. The van der Waals surface area contributed by atoms with E-state index in [1.165, 1.54) is 0 Å². The Labute approximate surface area is 85.2 Å². The van der Waals surface area contributed by atoms with E-state index in [1.54, 1.807) is 0 Å². The highest BCUT2D eigenvalue weighted by atomic mass is 16.5. The standard InChI is InChI=1S/C6H10O2.C6H6/c1-3-5-8-6(7)4-2;1-2-4-6-5-3-1/h4H,2-3,5H2,1H3;1-6H. The summed E-state index contributed by atoms with van der Waals surface area (Å²) < 4.78 is 4.58. The third kappa shape index (κ3) is 8.53. The molecule has 2 nitrogen and oxygen atoms in total. The maximum Gasteiger partial charge on any atom is 0.330 e. The lowest BCUT2D eigenvalue weighted by atomic mass is 10.4. The molecule has 76 valence electrons. The van der Waals surface area contributed by atoms with Gasteiger partial charge in [0.2, 0.25) is 0 Å². The number of esters is 1. The number of ether oxygens (including phenoxy) is 1. The predicted molar refractivity (Wildman–Crippen MR) is 57.9 cm³/mol. The smallest absolute Gasteiger partial charge is 0.330 e. The summed E-state index contributed by atoms with van der Waals surface area (Å²) in [5.74, 6) is -0.341. The van der Waals surface area contributed by atoms with Crippen molar-refractivity contribution < 1.29 is 9.53 Å². The van der Waals surface area contributed by atoms with E-state index in [0.717, 1.165) is 12.5 Å². The average Bonchev–Trinajstić information content (AvgIpc) is 2.29. The van der Waals surface area contributed by atoms with Crippen LogP contribution in [0.3, 0.4) is 0 Å². The first-order valence-electron chi connectivity index (χ1n) is 4.60. The minimum Gasteiger partial charge on any atom is -0.463 e. The van der Waals surface area contributed by atoms with Gasteiger partial charge in [0.1, 0.15) is 0 Å². The first-order valence-corrected chi connectivity index (χ1v) is 4.60. The van der Waals surface area contributed by atoms with Crippen LogP contribution in [0.5, 0.6) is 0 Å². The zero-order valence-corrected chi connectivity index (χ0v) is 8.48. The normalized spacial score (nSPS) is 8.07. The zero-order chi connectivity index (χ0) is 10.6. The van der Waals surface area contributed by atoms with Crippen molar-refractivity contribution in [3.8, 4) is 0 Å². The van der Waals surface area contributed by atoms with Gasteiger partial charge in [-0.05, 0) is 6.42 Å². The second kappa shape index (κ2) is 9.52. The van der Waals surface area contributed by atoms with E-state index in [-0.39, 0.29) is 5.97 Å². The molecule has 0 N–H and O–H groups in total. The van der Waals surface area contributed by atoms with E-state index in [9.17, 15) is 4.79 Å². The molecule has 0 heterocycles. The van der Waals surface area contributed by atoms with Crippen LogP contribution in [0.2, 0.25) is 0 Å². The monoisotopic (exact) mass is 192 g/mol. The van der Waals surface area contributed by atoms with Crippen molar-refractivity contribution in [2.45, 2.75) is 13.3 Å². The van der Waals surface area contributed by atoms with Crippen molar-refractivity contribution in [3.05, 3.63) is 49.1 Å². The van der Waals surface area contributed by atoms with Crippen molar-refractivity contribution in [1.82, 2.24) is 0 Å². The summed E-state index contributed by atoms with van der Waals surface area (Å²) in [5, 5.41) is 0. The molecule has 0 saturated carbocycles. The van der Waals surface area contributed by atoms with Crippen LogP contribution in [0.15, 0.2) is 49.1 Å². The summed E-state index contributed by atoms with van der Waals surface area (Å²) in [6.45, 7) is 5.67. The Hall–Kier alpha value is -1.57. The molecule has 0 bridgehead atoms. The Morgan fingerprint density at radius 1 is 1.21 bits per heavy atom. The number of hydrogen-bond donors (Lipinski definition) is 0. The number of benzene rings is 1. The molecular weight excluding hydrogens is 176 g/mol. The molecule has 0 aromatic heterocycles. The molecule has 1 aromatic rings. The number of rotatable bonds is 3. The van der Waals surface area contributed by atoms with Gasteiger partial charge in [-0.1, -0.05) is 49.9 Å². The fourth-order valence-electron chi connectivity index (χ4n) is 0.646. The van der Waals surface area contributed by atoms with Gasteiger partial charge in [-0.25, -0.2) is 4.79 Å². The summed E-state index contributed by atoms with van der Waals surface area (Å²) in [6, 6.07) is 12.0. The van der Waals surface area contributed by atoms with Crippen molar-refractivity contribution in [3.63, 3.8) is 0 Å². The van der Waals surface area contributed by atoms with Gasteiger partial charge in [-0.15, -0.1) is 0 Å². The topological polar surface area (TPSA) is 26.3 Å². The van der Waals surface area contributed by atoms with Crippen molar-refractivity contribution in [2.24, 2.45) is 0 Å². The van der Waals surface area contributed by atoms with Crippen molar-refractivity contribution in [1.29, 1.82) is 0 Å². The SMILES string of the molecule is C=CC(=O)OCCC.c1ccccc1. The van der Waals surface area contributed by atoms with E-state index < -0.39 is 0 Å². The van der Waals surface area contributed by atoms with Gasteiger partial charge in [0.05, 0.1) is 6.61 Å². The molecule has 0 aliphatic rings. The van der Waals surface area contributed by atoms with Crippen LogP contribution in [0, 0.1) is 0 Å². The summed E-state index contributed by atoms with van der Waals surface area (Å²) in [5.41, 5.74) is 0. The molecule has 1 aromatic carbocycles. The summed E-state index contributed by atoms with van der Waals surface area (Å²) in [7, 11) is 0. The summed E-state index contributed by atoms with van der Waals surface area (Å²) >= 11 is 0. The predicted octanol–water partition coefficient (Wildman–Crippen LogP) is 2.81. The maximum atomic E-state index is 10.2. The molecule has 1 rings (SSSR count). The van der Waals surface area contributed by atoms with Crippen LogP contribution in [-0.4, -0.2) is 12.6 Å². The van der Waals surface area contributed by atoms with Crippen LogP contribution in [0.1, 0.15) is 13.3 Å². The van der Waals surface area contributed by atoms with Crippen LogP contribution >= 0.6 is 0 Å². The second-order valence-electron chi connectivity index (χ2n) is 2.53. The molecule has 2 heteroatoms. The summed E-state index contributed by atoms with van der Waals surface area (Å²) in [4.78, 5) is 10.2. The molecule has 0 fully saturated rings. The van der Waals surface area contributed by atoms with Crippen LogP contribution in [0.4, 0.5) is 0 Å². The molecular formula is C12H16O2. The highest BCUT2D eigenvalue weighted by molar-refractivity contribution is 5.81. The fraction of sp³-hybridized carbons (Fsp3) is 0.250. The highest BCUT2D eigenvalue weighted by Crippen LogP contribution is 1.81. The van der Waals surface area contributed by atoms with Crippen LogP contribution in [-0.2, 0) is 9.53 Å². The van der Waals surface area contributed by atoms with Gasteiger partial charge in [-0.3, -0.25) is 0 Å². The number of carbonyl (C=O) groups is 1. The molecule has 0 saturated heterocycles. The quantitative estimate of drug-likeness (QED) is 0.543. The van der Waals surface area contributed by atoms with Gasteiger partial charge >= 0.3 is 5.97 Å². The first-order chi connectivity index (χ1) is 6.81. The van der Waals surface area contributed by atoms with Crippen molar-refractivity contribution in [2.75, 3.05) is 6.61 Å². The van der Waals surface area contributed by atoms with Crippen LogP contribution in [0.25, 0.3) is 0 Å². The van der Waals surface area contributed by atoms with E-state index in [2.05, 4.69) is 11.3 Å². The molecule has 0 atom stereocenters. The molecule has 0 radical (unpaired) electrons. The lowest BCUT2D eigenvalue weighted by Gasteiger charge is -1.94.